The van der Waals surface area contributed by atoms with Gasteiger partial charge in [-0.15, -0.1) is 10.2 Å². The van der Waals surface area contributed by atoms with Gasteiger partial charge in [0.25, 0.3) is 0 Å². The van der Waals surface area contributed by atoms with Crippen molar-refractivity contribution in [1.82, 2.24) is 30.3 Å². The number of alkyl halides is 3. The number of hydrogen-bond acceptors (Lipinski definition) is 4. The van der Waals surface area contributed by atoms with Crippen molar-refractivity contribution in [1.29, 1.82) is 0 Å². The third kappa shape index (κ3) is 5.59. The van der Waals surface area contributed by atoms with E-state index in [1.54, 1.807) is 19.2 Å². The molecule has 10 heteroatoms. The van der Waals surface area contributed by atoms with E-state index in [1.807, 2.05) is 0 Å². The summed E-state index contributed by atoms with van der Waals surface area (Å²) in [5.74, 6) is 2.72. The minimum absolute atomic E-state index is 0.228. The van der Waals surface area contributed by atoms with E-state index in [1.165, 1.54) is 12.8 Å². The van der Waals surface area contributed by atoms with Gasteiger partial charge in [-0.05, 0) is 37.0 Å². The molecule has 1 aromatic heterocycles. The molecule has 0 saturated carbocycles. The molecule has 1 fully saturated rings. The highest BCUT2D eigenvalue weighted by molar-refractivity contribution is 5.79. The second kappa shape index (κ2) is 9.89. The van der Waals surface area contributed by atoms with E-state index in [0.29, 0.717) is 13.1 Å². The number of rotatable bonds is 5. The molecule has 2 N–H and O–H groups in total. The maximum absolute atomic E-state index is 12.7. The molecule has 2 aromatic rings. The fraction of sp³-hybridized carbons (Fsp3) is 0.591. The van der Waals surface area contributed by atoms with Crippen LogP contribution in [0, 0.1) is 0 Å². The van der Waals surface area contributed by atoms with Crippen LogP contribution in [0.4, 0.5) is 13.2 Å². The number of aromatic nitrogens is 3. The second-order valence-electron chi connectivity index (χ2n) is 8.48. The van der Waals surface area contributed by atoms with Crippen molar-refractivity contribution in [2.45, 2.75) is 64.0 Å². The molecule has 2 aliphatic heterocycles. The first-order valence-electron chi connectivity index (χ1n) is 11.2. The van der Waals surface area contributed by atoms with Crippen molar-refractivity contribution in [3.63, 3.8) is 0 Å². The van der Waals surface area contributed by atoms with Crippen molar-refractivity contribution < 1.29 is 13.2 Å². The minimum Gasteiger partial charge on any atom is -0.352 e. The van der Waals surface area contributed by atoms with Crippen LogP contribution in [0.25, 0.3) is 0 Å². The van der Waals surface area contributed by atoms with Gasteiger partial charge < -0.3 is 15.2 Å². The summed E-state index contributed by atoms with van der Waals surface area (Å²) in [6.45, 7) is 3.85. The monoisotopic (exact) mass is 449 g/mol. The van der Waals surface area contributed by atoms with E-state index in [9.17, 15) is 13.2 Å². The van der Waals surface area contributed by atoms with Crippen LogP contribution in [-0.4, -0.2) is 51.8 Å². The van der Waals surface area contributed by atoms with Gasteiger partial charge in [-0.1, -0.05) is 18.6 Å². The Kier molecular flexibility index (Phi) is 6.98. The molecule has 0 radical (unpaired) electrons. The maximum Gasteiger partial charge on any atom is 0.416 e. The average molecular weight is 450 g/mol. The van der Waals surface area contributed by atoms with Crippen LogP contribution < -0.4 is 10.6 Å². The number of nitrogens with one attached hydrogen (secondary N) is 2. The first-order valence-corrected chi connectivity index (χ1v) is 11.2. The Morgan fingerprint density at radius 2 is 1.94 bits per heavy atom. The molecule has 0 amide bonds. The molecule has 1 atom stereocenters. The molecule has 0 aliphatic carbocycles. The number of aryl methyl sites for hydroxylation is 1. The fourth-order valence-electron chi connectivity index (χ4n) is 4.38. The van der Waals surface area contributed by atoms with Crippen LogP contribution in [0.15, 0.2) is 29.3 Å². The predicted octanol–water partition coefficient (Wildman–Crippen LogP) is 2.96. The molecule has 7 nitrogen and oxygen atoms in total. The predicted molar refractivity (Wildman–Crippen MR) is 116 cm³/mol. The van der Waals surface area contributed by atoms with E-state index >= 15 is 0 Å². The summed E-state index contributed by atoms with van der Waals surface area (Å²) in [6.07, 6.45) is 1.18. The average Bonchev–Trinajstić information content (AvgIpc) is 3.29. The van der Waals surface area contributed by atoms with Gasteiger partial charge >= 0.3 is 6.18 Å². The Morgan fingerprint density at radius 3 is 2.69 bits per heavy atom. The number of benzene rings is 1. The highest BCUT2D eigenvalue weighted by Crippen LogP contribution is 2.29. The van der Waals surface area contributed by atoms with Gasteiger partial charge in [0.15, 0.2) is 11.8 Å². The zero-order valence-corrected chi connectivity index (χ0v) is 18.3. The Morgan fingerprint density at radius 1 is 1.12 bits per heavy atom. The Bertz CT molecular complexity index is 921. The number of aliphatic imine (C=N–C) groups is 1. The summed E-state index contributed by atoms with van der Waals surface area (Å²) < 4.78 is 40.4. The molecule has 3 heterocycles. The Hall–Kier alpha value is -2.62. The lowest BCUT2D eigenvalue weighted by atomic mass is 10.1. The number of fused-ring (bicyclic) bond motifs is 1. The van der Waals surface area contributed by atoms with E-state index in [-0.39, 0.29) is 6.04 Å². The van der Waals surface area contributed by atoms with Gasteiger partial charge in [0.05, 0.1) is 12.1 Å². The fourth-order valence-corrected chi connectivity index (χ4v) is 4.38. The smallest absolute Gasteiger partial charge is 0.352 e. The zero-order valence-electron chi connectivity index (χ0n) is 18.3. The van der Waals surface area contributed by atoms with Gasteiger partial charge in [0.1, 0.15) is 5.82 Å². The van der Waals surface area contributed by atoms with E-state index in [4.69, 9.17) is 0 Å². The van der Waals surface area contributed by atoms with E-state index < -0.39 is 11.7 Å². The van der Waals surface area contributed by atoms with Crippen LogP contribution in [0.5, 0.6) is 0 Å². The highest BCUT2D eigenvalue weighted by Gasteiger charge is 2.30. The molecule has 1 aromatic carbocycles. The molecule has 1 unspecified atom stereocenters. The molecule has 174 valence electrons. The summed E-state index contributed by atoms with van der Waals surface area (Å²) in [6, 6.07) is 5.65. The van der Waals surface area contributed by atoms with Crippen LogP contribution in [0.3, 0.4) is 0 Å². The largest absolute Gasteiger partial charge is 0.416 e. The van der Waals surface area contributed by atoms with E-state index in [2.05, 4.69) is 35.3 Å². The van der Waals surface area contributed by atoms with Crippen LogP contribution in [0.1, 0.15) is 48.5 Å². The quantitative estimate of drug-likeness (QED) is 0.543. The summed E-state index contributed by atoms with van der Waals surface area (Å²) in [5, 5.41) is 15.5. The molecule has 4 rings (SSSR count). The molecule has 0 spiro atoms. The number of nitrogens with zero attached hydrogens (tertiary/aromatic N) is 5. The highest BCUT2D eigenvalue weighted by atomic mass is 19.4. The first kappa shape index (κ1) is 22.6. The van der Waals surface area contributed by atoms with Crippen molar-refractivity contribution in [3.8, 4) is 0 Å². The normalized spacial score (nSPS) is 20.1. The first-order chi connectivity index (χ1) is 15.4. The van der Waals surface area contributed by atoms with Crippen LogP contribution in [0.2, 0.25) is 0 Å². The van der Waals surface area contributed by atoms with Crippen molar-refractivity contribution in [2.75, 3.05) is 20.1 Å². The second-order valence-corrected chi connectivity index (χ2v) is 8.48. The molecule has 32 heavy (non-hydrogen) atoms. The standard InChI is InChI=1S/C22H30F3N7/c1-26-21(27-13-20-30-29-19-5-3-2-4-11-32(19)20)28-18-10-12-31(15-18)14-16-6-8-17(9-7-16)22(23,24)25/h6-9,18H,2-5,10-15H2,1H3,(H2,26,27,28). The van der Waals surface area contributed by atoms with Crippen molar-refractivity contribution in [3.05, 3.63) is 47.0 Å². The summed E-state index contributed by atoms with van der Waals surface area (Å²) in [5.41, 5.74) is 0.273. The van der Waals surface area contributed by atoms with E-state index in [0.717, 1.165) is 74.2 Å². The van der Waals surface area contributed by atoms with Crippen molar-refractivity contribution in [2.24, 2.45) is 4.99 Å². The van der Waals surface area contributed by atoms with Crippen molar-refractivity contribution >= 4 is 5.96 Å². The number of likely N-dealkylation sites (tertiary alicyclic amines) is 1. The summed E-state index contributed by atoms with van der Waals surface area (Å²) >= 11 is 0. The molecule has 2 aliphatic rings. The zero-order chi connectivity index (χ0) is 22.6. The molecular formula is C22H30F3N7. The van der Waals surface area contributed by atoms with Gasteiger partial charge in [0.2, 0.25) is 0 Å². The lowest BCUT2D eigenvalue weighted by Gasteiger charge is -2.19. The minimum atomic E-state index is -4.30. The Labute approximate surface area is 186 Å². The topological polar surface area (TPSA) is 70.4 Å². The molecular weight excluding hydrogens is 419 g/mol. The SMILES string of the molecule is CN=C(NCc1nnc2n1CCCCC2)NC1CCN(Cc2ccc(C(F)(F)F)cc2)C1. The van der Waals surface area contributed by atoms with Gasteiger partial charge in [-0.25, -0.2) is 0 Å². The lowest BCUT2D eigenvalue weighted by molar-refractivity contribution is -0.137. The Balaban J connectivity index is 1.26. The maximum atomic E-state index is 12.7. The summed E-state index contributed by atoms with van der Waals surface area (Å²) in [7, 11) is 1.74. The van der Waals surface area contributed by atoms with Gasteiger partial charge in [0, 0.05) is 45.7 Å². The molecule has 1 saturated heterocycles. The number of halogens is 3. The third-order valence-corrected chi connectivity index (χ3v) is 6.12. The third-order valence-electron chi connectivity index (χ3n) is 6.12. The van der Waals surface area contributed by atoms with Crippen LogP contribution >= 0.6 is 0 Å². The van der Waals surface area contributed by atoms with Gasteiger partial charge in [-0.2, -0.15) is 13.2 Å². The number of hydrogen-bond donors (Lipinski definition) is 2. The molecule has 0 bridgehead atoms. The summed E-state index contributed by atoms with van der Waals surface area (Å²) in [4.78, 5) is 6.58. The lowest BCUT2D eigenvalue weighted by Crippen LogP contribution is -2.44. The number of guanidine groups is 1. The van der Waals surface area contributed by atoms with Crippen LogP contribution in [-0.2, 0) is 32.2 Å². The van der Waals surface area contributed by atoms with Gasteiger partial charge in [-0.3, -0.25) is 9.89 Å².